The molecule has 2 aliphatic heterocycles. The van der Waals surface area contributed by atoms with Crippen molar-refractivity contribution in [3.8, 4) is 5.88 Å². The molecular weight excluding hydrogens is 841 g/mol. The normalized spacial score (nSPS) is 31.8. The molecule has 0 aromatic carbocycles. The smallest absolute Gasteiger partial charge is 0.472 e. The Morgan fingerprint density at radius 3 is 2.33 bits per heavy atom. The Kier molecular flexibility index (Phi) is 13.4. The van der Waals surface area contributed by atoms with Crippen molar-refractivity contribution in [2.24, 2.45) is 5.92 Å². The van der Waals surface area contributed by atoms with E-state index in [0.29, 0.717) is 5.88 Å². The predicted molar refractivity (Wildman–Crippen MR) is 214 cm³/mol. The summed E-state index contributed by atoms with van der Waals surface area (Å²) in [5.74, 6) is -0.503. The number of hydrogen-bond donors (Lipinski definition) is 5. The molecule has 3 aliphatic rings. The van der Waals surface area contributed by atoms with Crippen molar-refractivity contribution < 1.29 is 55.3 Å². The van der Waals surface area contributed by atoms with Crippen molar-refractivity contribution in [3.05, 3.63) is 35.3 Å². The monoisotopic (exact) mass is 893 g/mol. The van der Waals surface area contributed by atoms with Crippen molar-refractivity contribution in [2.45, 2.75) is 127 Å². The van der Waals surface area contributed by atoms with Crippen LogP contribution in [0.1, 0.15) is 74.5 Å². The highest BCUT2D eigenvalue weighted by Crippen LogP contribution is 2.56. The standard InChI is InChI=1S/C32H53N7O13P2SSi2/c1-17(2)56(44,18(3)4)52-57(19(5)6,20(7)8)51-27-24-14-46-54(43,55)49-23-12-22(47-25-9-10-34-15-35-25)11-21(23)13-45-53(41,42)50-28(27)31(48-24)39-16-36-26-29(39)37-32(33)38-30(26)40/h9-10,15-24,27-28,31,44H,11-14H2,1-8H3,(H,41,42)(H,43,55)(H3,33,37,38,40)/t21-,22-,23+,24-,27-,28-,31-,54?/m1/s1. The molecule has 0 spiro atoms. The molecule has 5 heterocycles. The van der Waals surface area contributed by atoms with E-state index in [9.17, 15) is 23.9 Å². The Bertz CT molecular complexity index is 2020. The van der Waals surface area contributed by atoms with Crippen LogP contribution in [-0.4, -0.2) is 105 Å². The van der Waals surface area contributed by atoms with Crippen molar-refractivity contribution >= 4 is 60.6 Å². The van der Waals surface area contributed by atoms with Gasteiger partial charge in [-0.3, -0.25) is 23.4 Å². The number of fused-ring (bicyclic) bond motifs is 4. The number of nitrogens with two attached hydrogens (primary N) is 1. The number of aromatic amines is 1. The summed E-state index contributed by atoms with van der Waals surface area (Å²) in [6.45, 7) is 10.5. The molecule has 318 valence electrons. The van der Waals surface area contributed by atoms with Gasteiger partial charge in [0.1, 0.15) is 30.7 Å². The first-order valence-electron chi connectivity index (χ1n) is 18.9. The lowest BCUT2D eigenvalue weighted by Crippen LogP contribution is -2.62. The van der Waals surface area contributed by atoms with Crippen LogP contribution < -0.4 is 16.0 Å². The predicted octanol–water partition coefficient (Wildman–Crippen LogP) is 4.30. The largest absolute Gasteiger partial charge is 0.474 e. The second-order valence-corrected chi connectivity index (χ2v) is 28.7. The minimum absolute atomic E-state index is 0.0158. The summed E-state index contributed by atoms with van der Waals surface area (Å²) in [5.41, 5.74) is 4.16. The number of nitrogen functional groups attached to an aromatic ring is 1. The third-order valence-electron chi connectivity index (χ3n) is 10.7. The average molecular weight is 894 g/mol. The first-order chi connectivity index (χ1) is 26.6. The number of rotatable bonds is 11. The lowest BCUT2D eigenvalue weighted by Gasteiger charge is -2.47. The van der Waals surface area contributed by atoms with Crippen LogP contribution in [-0.2, 0) is 47.7 Å². The highest BCUT2D eigenvalue weighted by atomic mass is 32.5. The van der Waals surface area contributed by atoms with Gasteiger partial charge in [0.15, 0.2) is 17.4 Å². The van der Waals surface area contributed by atoms with Crippen molar-refractivity contribution in [1.82, 2.24) is 29.5 Å². The fourth-order valence-electron chi connectivity index (χ4n) is 7.72. The molecule has 20 nitrogen and oxygen atoms in total. The Hall–Kier alpha value is -2.06. The van der Waals surface area contributed by atoms with E-state index < -0.39 is 86.5 Å². The first kappa shape index (κ1) is 44.5. The molecule has 6 rings (SSSR count). The molecule has 57 heavy (non-hydrogen) atoms. The number of nitrogens with zero attached hydrogens (tertiary/aromatic N) is 5. The molecule has 3 aromatic rings. The first-order valence-corrected chi connectivity index (χ1v) is 26.9. The van der Waals surface area contributed by atoms with E-state index in [-0.39, 0.29) is 58.7 Å². The molecule has 2 bridgehead atoms. The van der Waals surface area contributed by atoms with E-state index in [1.165, 1.54) is 23.4 Å². The van der Waals surface area contributed by atoms with Crippen LogP contribution in [0.4, 0.5) is 5.95 Å². The van der Waals surface area contributed by atoms with Gasteiger partial charge >= 0.3 is 31.7 Å². The highest BCUT2D eigenvalue weighted by Gasteiger charge is 2.60. The summed E-state index contributed by atoms with van der Waals surface area (Å²) in [4.78, 5) is 67.0. The number of hydrogen-bond acceptors (Lipinski definition) is 17. The number of phosphoric ester groups is 1. The van der Waals surface area contributed by atoms with Gasteiger partial charge in [0, 0.05) is 24.6 Å². The molecule has 2 saturated heterocycles. The van der Waals surface area contributed by atoms with E-state index in [1.54, 1.807) is 6.07 Å². The molecular formula is C32H53N7O13P2SSi2. The summed E-state index contributed by atoms with van der Waals surface area (Å²) in [6.07, 6.45) is -2.00. The van der Waals surface area contributed by atoms with Gasteiger partial charge in [0.05, 0.1) is 25.6 Å². The van der Waals surface area contributed by atoms with Gasteiger partial charge in [-0.25, -0.2) is 19.5 Å². The van der Waals surface area contributed by atoms with Crippen LogP contribution in [0.5, 0.6) is 5.88 Å². The van der Waals surface area contributed by atoms with Gasteiger partial charge in [-0.2, -0.15) is 4.98 Å². The molecule has 0 radical (unpaired) electrons. The number of imidazole rings is 1. The summed E-state index contributed by atoms with van der Waals surface area (Å²) in [6, 6.07) is 1.59. The molecule has 1 saturated carbocycles. The maximum atomic E-state index is 14.2. The van der Waals surface area contributed by atoms with E-state index in [4.69, 9.17) is 53.7 Å². The number of aromatic nitrogens is 6. The number of phosphoric acid groups is 1. The van der Waals surface area contributed by atoms with Crippen molar-refractivity contribution in [1.29, 1.82) is 0 Å². The Labute approximate surface area is 337 Å². The summed E-state index contributed by atoms with van der Waals surface area (Å²) >= 11 is 5.54. The highest BCUT2D eigenvalue weighted by molar-refractivity contribution is 8.07. The van der Waals surface area contributed by atoms with E-state index in [0.717, 1.165) is 0 Å². The van der Waals surface area contributed by atoms with E-state index >= 15 is 0 Å². The fraction of sp³-hybridized carbons (Fsp3) is 0.719. The van der Waals surface area contributed by atoms with Crippen LogP contribution >= 0.6 is 14.5 Å². The third-order valence-corrected chi connectivity index (χ3v) is 23.0. The summed E-state index contributed by atoms with van der Waals surface area (Å²) < 4.78 is 66.1. The molecule has 9 atom stereocenters. The molecule has 2 unspecified atom stereocenters. The van der Waals surface area contributed by atoms with Gasteiger partial charge < -0.3 is 47.4 Å². The molecule has 6 N–H and O–H groups in total. The minimum atomic E-state index is -5.02. The van der Waals surface area contributed by atoms with Crippen molar-refractivity contribution in [3.63, 3.8) is 0 Å². The van der Waals surface area contributed by atoms with Gasteiger partial charge in [-0.1, -0.05) is 55.4 Å². The summed E-state index contributed by atoms with van der Waals surface area (Å²) in [5, 5.41) is 0. The Morgan fingerprint density at radius 1 is 1.00 bits per heavy atom. The van der Waals surface area contributed by atoms with Crippen LogP contribution in [0.3, 0.4) is 0 Å². The SMILES string of the molecule is CC(C)[Si](O)(O[Si](O[C@H]1[C@H]2OP(=O)(O)OC[C@H]3C[C@@H](Oc4ccncn4)C[C@@H]3OP(O)(=S)OC[C@H]1O[C@H]2n1cnc2c(=O)[nH]c(N)nc21)(C(C)C)C(C)C)C(C)C. The quantitative estimate of drug-likeness (QED) is 0.133. The molecule has 1 aliphatic carbocycles. The Morgan fingerprint density at radius 2 is 1.70 bits per heavy atom. The van der Waals surface area contributed by atoms with Crippen LogP contribution in [0.15, 0.2) is 29.7 Å². The lowest BCUT2D eigenvalue weighted by molar-refractivity contribution is -0.0533. The lowest BCUT2D eigenvalue weighted by atomic mass is 10.1. The molecule has 25 heteroatoms. The zero-order chi connectivity index (χ0) is 41.7. The van der Waals surface area contributed by atoms with Crippen LogP contribution in [0.25, 0.3) is 11.2 Å². The maximum Gasteiger partial charge on any atom is 0.472 e. The van der Waals surface area contributed by atoms with Gasteiger partial charge in [-0.15, -0.1) is 0 Å². The van der Waals surface area contributed by atoms with Crippen LogP contribution in [0.2, 0.25) is 22.2 Å². The maximum absolute atomic E-state index is 14.2. The molecule has 3 fully saturated rings. The zero-order valence-electron chi connectivity index (χ0n) is 33.0. The Balaban J connectivity index is 1.43. The summed E-state index contributed by atoms with van der Waals surface area (Å²) in [7, 11) is -12.2. The van der Waals surface area contributed by atoms with E-state index in [1.807, 2.05) is 55.4 Å². The average Bonchev–Trinajstić information content (AvgIpc) is 3.80. The topological polar surface area (TPSA) is 267 Å². The van der Waals surface area contributed by atoms with Crippen LogP contribution in [0, 0.1) is 5.92 Å². The third kappa shape index (κ3) is 9.47. The number of nitrogens with one attached hydrogen (secondary N) is 1. The fourth-order valence-corrected chi connectivity index (χ4v) is 20.1. The second-order valence-electron chi connectivity index (χ2n) is 15.9. The minimum Gasteiger partial charge on any atom is -0.474 e. The van der Waals surface area contributed by atoms with E-state index in [2.05, 4.69) is 24.9 Å². The van der Waals surface area contributed by atoms with Crippen molar-refractivity contribution in [2.75, 3.05) is 18.9 Å². The second kappa shape index (κ2) is 17.1. The number of H-pyrrole nitrogens is 1. The van der Waals surface area contributed by atoms with Gasteiger partial charge in [0.25, 0.3) is 5.56 Å². The number of ether oxygens (including phenoxy) is 2. The van der Waals surface area contributed by atoms with Gasteiger partial charge in [0.2, 0.25) is 11.8 Å². The number of anilines is 1. The zero-order valence-corrected chi connectivity index (χ0v) is 37.6. The molecule has 3 aromatic heterocycles. The van der Waals surface area contributed by atoms with Gasteiger partial charge in [-0.05, 0) is 40.4 Å². The molecule has 0 amide bonds.